The quantitative estimate of drug-likeness (QED) is 0.619. The first kappa shape index (κ1) is 16.3. The van der Waals surface area contributed by atoms with Gasteiger partial charge in [0.2, 0.25) is 5.91 Å². The minimum atomic E-state index is -0.0811. The number of rotatable bonds is 5. The summed E-state index contributed by atoms with van der Waals surface area (Å²) in [6.07, 6.45) is 1.53. The van der Waals surface area contributed by atoms with Crippen LogP contribution in [0.25, 0.3) is 0 Å². The average Bonchev–Trinajstić information content (AvgIpc) is 2.91. The van der Waals surface area contributed by atoms with Crippen LogP contribution in [0.1, 0.15) is 5.56 Å². The van der Waals surface area contributed by atoms with Gasteiger partial charge in [0.25, 0.3) is 0 Å². The molecule has 1 aliphatic rings. The van der Waals surface area contributed by atoms with Gasteiger partial charge in [-0.3, -0.25) is 4.79 Å². The fraction of sp³-hybridized carbons (Fsp3) is 0.231. The second-order valence-corrected chi connectivity index (χ2v) is 5.79. The summed E-state index contributed by atoms with van der Waals surface area (Å²) in [5, 5.41) is 19.5. The Bertz CT molecular complexity index is 685. The zero-order valence-electron chi connectivity index (χ0n) is 11.5. The second-order valence-electron chi connectivity index (χ2n) is 3.97. The highest BCUT2D eigenvalue weighted by Gasteiger charge is 2.16. The van der Waals surface area contributed by atoms with Crippen molar-refractivity contribution >= 4 is 45.0 Å². The van der Waals surface area contributed by atoms with Crippen LogP contribution in [0.4, 0.5) is 0 Å². The number of halogens is 1. The van der Waals surface area contributed by atoms with E-state index < -0.39 is 0 Å². The molecule has 0 aliphatic carbocycles. The van der Waals surface area contributed by atoms with Crippen LogP contribution < -0.4 is 14.8 Å². The first-order chi connectivity index (χ1) is 10.6. The van der Waals surface area contributed by atoms with Gasteiger partial charge in [-0.25, -0.2) is 0 Å². The largest absolute Gasteiger partial charge is 0.493 e. The van der Waals surface area contributed by atoms with Crippen molar-refractivity contribution < 1.29 is 14.3 Å². The summed E-state index contributed by atoms with van der Waals surface area (Å²) in [4.78, 5) is 11.0. The number of nitriles is 1. The minimum Gasteiger partial charge on any atom is -0.493 e. The van der Waals surface area contributed by atoms with Gasteiger partial charge in [0.05, 0.1) is 23.5 Å². The van der Waals surface area contributed by atoms with Crippen LogP contribution in [0.5, 0.6) is 11.5 Å². The van der Waals surface area contributed by atoms with E-state index in [1.807, 2.05) is 6.07 Å². The SMILES string of the molecule is COc1cc(C=NN=C2NC(=O)CS2)cc(Br)c1OCC#N. The molecule has 0 atom stereocenters. The summed E-state index contributed by atoms with van der Waals surface area (Å²) in [6.45, 7) is -0.0764. The van der Waals surface area contributed by atoms with Crippen molar-refractivity contribution in [1.82, 2.24) is 5.32 Å². The number of ether oxygens (including phenoxy) is 2. The first-order valence-electron chi connectivity index (χ1n) is 6.05. The number of thioether (sulfide) groups is 1. The lowest BCUT2D eigenvalue weighted by Gasteiger charge is -2.11. The van der Waals surface area contributed by atoms with E-state index in [0.717, 1.165) is 5.56 Å². The molecule has 1 fully saturated rings. The smallest absolute Gasteiger partial charge is 0.236 e. The number of nitrogens with one attached hydrogen (secondary N) is 1. The van der Waals surface area contributed by atoms with Crippen molar-refractivity contribution in [2.45, 2.75) is 0 Å². The number of hydrogen-bond donors (Lipinski definition) is 1. The summed E-state index contributed by atoms with van der Waals surface area (Å²) in [7, 11) is 1.51. The summed E-state index contributed by atoms with van der Waals surface area (Å²) >= 11 is 4.66. The maximum absolute atomic E-state index is 11.0. The summed E-state index contributed by atoms with van der Waals surface area (Å²) in [6, 6.07) is 5.37. The van der Waals surface area contributed by atoms with Crippen LogP contribution in [-0.4, -0.2) is 36.8 Å². The van der Waals surface area contributed by atoms with E-state index in [1.54, 1.807) is 12.1 Å². The molecule has 1 amide bonds. The number of hydrogen-bond acceptors (Lipinski definition) is 7. The number of methoxy groups -OCH3 is 1. The van der Waals surface area contributed by atoms with E-state index in [9.17, 15) is 4.79 Å². The molecule has 1 saturated heterocycles. The molecule has 0 unspecified atom stereocenters. The van der Waals surface area contributed by atoms with Gasteiger partial charge >= 0.3 is 0 Å². The monoisotopic (exact) mass is 382 g/mol. The van der Waals surface area contributed by atoms with Crippen molar-refractivity contribution in [2.75, 3.05) is 19.5 Å². The van der Waals surface area contributed by atoms with Gasteiger partial charge in [-0.1, -0.05) is 11.8 Å². The summed E-state index contributed by atoms with van der Waals surface area (Å²) in [5.41, 5.74) is 0.728. The van der Waals surface area contributed by atoms with E-state index in [4.69, 9.17) is 14.7 Å². The fourth-order valence-electron chi connectivity index (χ4n) is 1.59. The molecule has 1 aromatic rings. The van der Waals surface area contributed by atoms with Crippen molar-refractivity contribution in [3.8, 4) is 17.6 Å². The van der Waals surface area contributed by atoms with Crippen molar-refractivity contribution in [3.05, 3.63) is 22.2 Å². The minimum absolute atomic E-state index is 0.0764. The number of benzene rings is 1. The van der Waals surface area contributed by atoms with Crippen LogP contribution in [0.2, 0.25) is 0 Å². The van der Waals surface area contributed by atoms with Crippen LogP contribution in [0.3, 0.4) is 0 Å². The molecule has 9 heteroatoms. The summed E-state index contributed by atoms with van der Waals surface area (Å²) < 4.78 is 11.2. The molecule has 2 rings (SSSR count). The van der Waals surface area contributed by atoms with Crippen LogP contribution in [0.15, 0.2) is 26.8 Å². The lowest BCUT2D eigenvalue weighted by Crippen LogP contribution is -2.19. The maximum Gasteiger partial charge on any atom is 0.236 e. The van der Waals surface area contributed by atoms with Crippen LogP contribution >= 0.6 is 27.7 Å². The molecule has 1 N–H and O–H groups in total. The molecule has 0 spiro atoms. The van der Waals surface area contributed by atoms with E-state index in [2.05, 4.69) is 31.4 Å². The Morgan fingerprint density at radius 1 is 1.59 bits per heavy atom. The van der Waals surface area contributed by atoms with Crippen LogP contribution in [-0.2, 0) is 4.79 Å². The number of carbonyl (C=O) groups is 1. The normalized spacial score (nSPS) is 15.9. The molecule has 114 valence electrons. The number of amidine groups is 1. The van der Waals surface area contributed by atoms with Gasteiger partial charge in [-0.2, -0.15) is 10.4 Å². The van der Waals surface area contributed by atoms with Crippen molar-refractivity contribution in [1.29, 1.82) is 5.26 Å². The van der Waals surface area contributed by atoms with Gasteiger partial charge in [0.1, 0.15) is 6.07 Å². The molecule has 1 aromatic carbocycles. The van der Waals surface area contributed by atoms with E-state index in [1.165, 1.54) is 25.1 Å². The Morgan fingerprint density at radius 3 is 3.05 bits per heavy atom. The molecule has 1 aliphatic heterocycles. The molecular formula is C13H11BrN4O3S. The lowest BCUT2D eigenvalue weighted by molar-refractivity contribution is -0.116. The van der Waals surface area contributed by atoms with Gasteiger partial charge in [0.15, 0.2) is 23.3 Å². The predicted octanol–water partition coefficient (Wildman–Crippen LogP) is 1.91. The molecule has 22 heavy (non-hydrogen) atoms. The molecular weight excluding hydrogens is 372 g/mol. The predicted molar refractivity (Wildman–Crippen MR) is 87.4 cm³/mol. The Hall–Kier alpha value is -2.05. The van der Waals surface area contributed by atoms with Gasteiger partial charge in [0, 0.05) is 0 Å². The standard InChI is InChI=1S/C13H11BrN4O3S/c1-20-10-5-8(4-9(14)12(10)21-3-2-15)6-16-18-13-17-11(19)7-22-13/h4-6H,3,7H2,1H3,(H,17,18,19). The molecule has 0 bridgehead atoms. The molecule has 1 heterocycles. The highest BCUT2D eigenvalue weighted by molar-refractivity contribution is 9.10. The first-order valence-corrected chi connectivity index (χ1v) is 7.83. The molecule has 7 nitrogen and oxygen atoms in total. The third-order valence-corrected chi connectivity index (χ3v) is 3.93. The molecule has 0 aromatic heterocycles. The van der Waals surface area contributed by atoms with Gasteiger partial charge in [-0.15, -0.1) is 5.10 Å². The van der Waals surface area contributed by atoms with Crippen LogP contribution in [0, 0.1) is 11.3 Å². The Balaban J connectivity index is 2.16. The Labute approximate surface area is 139 Å². The van der Waals surface area contributed by atoms with E-state index in [0.29, 0.717) is 26.9 Å². The van der Waals surface area contributed by atoms with E-state index >= 15 is 0 Å². The highest BCUT2D eigenvalue weighted by atomic mass is 79.9. The summed E-state index contributed by atoms with van der Waals surface area (Å²) in [5.74, 6) is 1.20. The lowest BCUT2D eigenvalue weighted by atomic mass is 10.2. The molecule has 0 saturated carbocycles. The maximum atomic E-state index is 11.0. The highest BCUT2D eigenvalue weighted by Crippen LogP contribution is 2.36. The topological polar surface area (TPSA) is 96.1 Å². The average molecular weight is 383 g/mol. The van der Waals surface area contributed by atoms with Crippen molar-refractivity contribution in [2.24, 2.45) is 10.2 Å². The second kappa shape index (κ2) is 7.82. The number of nitrogens with zero attached hydrogens (tertiary/aromatic N) is 3. The van der Waals surface area contributed by atoms with E-state index in [-0.39, 0.29) is 12.5 Å². The number of amides is 1. The van der Waals surface area contributed by atoms with Gasteiger partial charge < -0.3 is 14.8 Å². The Morgan fingerprint density at radius 2 is 2.41 bits per heavy atom. The molecule has 0 radical (unpaired) electrons. The zero-order chi connectivity index (χ0) is 15.9. The zero-order valence-corrected chi connectivity index (χ0v) is 13.9. The third kappa shape index (κ3) is 4.22. The Kier molecular flexibility index (Phi) is 5.80. The number of carbonyl (C=O) groups excluding carboxylic acids is 1. The fourth-order valence-corrected chi connectivity index (χ4v) is 2.79. The van der Waals surface area contributed by atoms with Crippen molar-refractivity contribution in [3.63, 3.8) is 0 Å². The van der Waals surface area contributed by atoms with Gasteiger partial charge in [-0.05, 0) is 33.6 Å². The third-order valence-electron chi connectivity index (χ3n) is 2.47.